The highest BCUT2D eigenvalue weighted by molar-refractivity contribution is 9.11. The van der Waals surface area contributed by atoms with Gasteiger partial charge in [0, 0.05) is 0 Å². The molecule has 0 radical (unpaired) electrons. The van der Waals surface area contributed by atoms with E-state index >= 15 is 0 Å². The van der Waals surface area contributed by atoms with Crippen molar-refractivity contribution < 1.29 is 14.3 Å². The van der Waals surface area contributed by atoms with E-state index in [1.54, 1.807) is 0 Å². The highest BCUT2D eigenvalue weighted by Crippen LogP contribution is 2.21. The molecule has 0 unspecified atom stereocenters. The van der Waals surface area contributed by atoms with Crippen molar-refractivity contribution in [3.05, 3.63) is 14.5 Å². The van der Waals surface area contributed by atoms with Crippen LogP contribution in [0.3, 0.4) is 0 Å². The average molecular weight is 250 g/mol. The second-order valence-corrected chi connectivity index (χ2v) is 4.10. The predicted molar refractivity (Wildman–Crippen MR) is 46.5 cm³/mol. The zero-order valence-corrected chi connectivity index (χ0v) is 8.44. The number of methoxy groups -OCH3 is 1. The molecule has 1 rings (SSSR count). The van der Waals surface area contributed by atoms with Gasteiger partial charge >= 0.3 is 5.97 Å². The molecule has 64 valence electrons. The van der Waals surface area contributed by atoms with Gasteiger partial charge in [-0.2, -0.15) is 0 Å². The number of aromatic nitrogens is 1. The highest BCUT2D eigenvalue weighted by Gasteiger charge is 2.16. The first kappa shape index (κ1) is 9.34. The van der Waals surface area contributed by atoms with Gasteiger partial charge in [-0.15, -0.1) is 11.3 Å². The Bertz CT molecular complexity index is 323. The van der Waals surface area contributed by atoms with Crippen LogP contribution in [0, 0.1) is 0 Å². The van der Waals surface area contributed by atoms with Gasteiger partial charge in [0.15, 0.2) is 15.9 Å². The molecule has 0 atom stereocenters. The van der Waals surface area contributed by atoms with Crippen molar-refractivity contribution >= 4 is 39.5 Å². The van der Waals surface area contributed by atoms with E-state index in [4.69, 9.17) is 0 Å². The minimum atomic E-state index is -0.598. The fraction of sp³-hybridized carbons (Fsp3) is 0.167. The Hall–Kier alpha value is -0.750. The second kappa shape index (κ2) is 3.77. The standard InChI is InChI=1S/C6H4BrNO3S/c1-11-5(10)4-3(2-9)12-6(7)8-4/h2H,1H3. The summed E-state index contributed by atoms with van der Waals surface area (Å²) in [4.78, 5) is 25.4. The first-order valence-electron chi connectivity index (χ1n) is 2.89. The lowest BCUT2D eigenvalue weighted by atomic mass is 10.4. The Kier molecular flexibility index (Phi) is 2.93. The van der Waals surface area contributed by atoms with Crippen LogP contribution < -0.4 is 0 Å². The summed E-state index contributed by atoms with van der Waals surface area (Å²) in [5.41, 5.74) is 0.0596. The molecule has 1 aromatic rings. The summed E-state index contributed by atoms with van der Waals surface area (Å²) >= 11 is 4.16. The Morgan fingerprint density at radius 3 is 2.92 bits per heavy atom. The molecular formula is C6H4BrNO3S. The molecular weight excluding hydrogens is 246 g/mol. The number of halogens is 1. The minimum absolute atomic E-state index is 0.0596. The normalized spacial score (nSPS) is 9.50. The van der Waals surface area contributed by atoms with E-state index in [1.165, 1.54) is 7.11 Å². The van der Waals surface area contributed by atoms with Crippen molar-refractivity contribution in [3.8, 4) is 0 Å². The zero-order chi connectivity index (χ0) is 9.14. The number of thiazole rings is 1. The van der Waals surface area contributed by atoms with Gasteiger partial charge in [-0.3, -0.25) is 4.79 Å². The lowest BCUT2D eigenvalue weighted by Crippen LogP contribution is -2.04. The number of nitrogens with zero attached hydrogens (tertiary/aromatic N) is 1. The topological polar surface area (TPSA) is 56.3 Å². The third kappa shape index (κ3) is 1.70. The van der Waals surface area contributed by atoms with Crippen molar-refractivity contribution in [2.75, 3.05) is 7.11 Å². The van der Waals surface area contributed by atoms with E-state index < -0.39 is 5.97 Å². The molecule has 0 saturated heterocycles. The SMILES string of the molecule is COC(=O)c1nc(Br)sc1C=O. The average Bonchev–Trinajstić information content (AvgIpc) is 2.45. The van der Waals surface area contributed by atoms with Crippen LogP contribution in [0.2, 0.25) is 0 Å². The maximum Gasteiger partial charge on any atom is 0.358 e. The summed E-state index contributed by atoms with van der Waals surface area (Å²) in [6.07, 6.45) is 0.578. The van der Waals surface area contributed by atoms with Crippen LogP contribution in [0.25, 0.3) is 0 Å². The number of hydrogen-bond donors (Lipinski definition) is 0. The first-order chi connectivity index (χ1) is 5.69. The largest absolute Gasteiger partial charge is 0.464 e. The van der Waals surface area contributed by atoms with E-state index in [1.807, 2.05) is 0 Å². The lowest BCUT2D eigenvalue weighted by molar-refractivity contribution is 0.0592. The number of rotatable bonds is 2. The molecule has 0 aliphatic rings. The second-order valence-electron chi connectivity index (χ2n) is 1.79. The molecule has 1 heterocycles. The van der Waals surface area contributed by atoms with Gasteiger partial charge in [-0.05, 0) is 15.9 Å². The van der Waals surface area contributed by atoms with Gasteiger partial charge in [-0.1, -0.05) is 0 Å². The Morgan fingerprint density at radius 1 is 1.75 bits per heavy atom. The van der Waals surface area contributed by atoms with Gasteiger partial charge in [0.2, 0.25) is 0 Å². The van der Waals surface area contributed by atoms with Gasteiger partial charge in [0.1, 0.15) is 4.88 Å². The lowest BCUT2D eigenvalue weighted by Gasteiger charge is -1.92. The summed E-state index contributed by atoms with van der Waals surface area (Å²) in [5.74, 6) is -0.598. The van der Waals surface area contributed by atoms with Crippen molar-refractivity contribution in [1.82, 2.24) is 4.98 Å². The van der Waals surface area contributed by atoms with Crippen molar-refractivity contribution in [1.29, 1.82) is 0 Å². The van der Waals surface area contributed by atoms with Crippen molar-refractivity contribution in [2.45, 2.75) is 0 Å². The van der Waals surface area contributed by atoms with Gasteiger partial charge in [-0.25, -0.2) is 9.78 Å². The predicted octanol–water partition coefficient (Wildman–Crippen LogP) is 1.50. The molecule has 6 heteroatoms. The van der Waals surface area contributed by atoms with E-state index in [0.717, 1.165) is 11.3 Å². The highest BCUT2D eigenvalue weighted by atomic mass is 79.9. The Balaban J connectivity index is 3.12. The maximum absolute atomic E-state index is 10.9. The molecule has 0 aromatic carbocycles. The quantitative estimate of drug-likeness (QED) is 0.589. The first-order valence-corrected chi connectivity index (χ1v) is 4.49. The molecule has 0 spiro atoms. The van der Waals surface area contributed by atoms with Crippen LogP contribution in [0.1, 0.15) is 20.2 Å². The summed E-state index contributed by atoms with van der Waals surface area (Å²) in [7, 11) is 1.24. The number of hydrogen-bond acceptors (Lipinski definition) is 5. The molecule has 0 aliphatic heterocycles. The Labute approximate surface area is 80.7 Å². The van der Waals surface area contributed by atoms with E-state index in [-0.39, 0.29) is 10.6 Å². The summed E-state index contributed by atoms with van der Waals surface area (Å²) < 4.78 is 4.91. The summed E-state index contributed by atoms with van der Waals surface area (Å²) in [5, 5.41) is 0. The monoisotopic (exact) mass is 249 g/mol. The number of carbonyl (C=O) groups is 2. The van der Waals surface area contributed by atoms with E-state index in [9.17, 15) is 9.59 Å². The molecule has 1 aromatic heterocycles. The molecule has 0 N–H and O–H groups in total. The molecule has 0 fully saturated rings. The van der Waals surface area contributed by atoms with Crippen LogP contribution in [-0.4, -0.2) is 24.3 Å². The fourth-order valence-electron chi connectivity index (χ4n) is 0.628. The number of esters is 1. The maximum atomic E-state index is 10.9. The van der Waals surface area contributed by atoms with Crippen molar-refractivity contribution in [2.24, 2.45) is 0 Å². The van der Waals surface area contributed by atoms with Crippen LogP contribution in [0.4, 0.5) is 0 Å². The molecule has 0 saturated carbocycles. The molecule has 4 nitrogen and oxygen atoms in total. The van der Waals surface area contributed by atoms with E-state index in [2.05, 4.69) is 25.7 Å². The van der Waals surface area contributed by atoms with Gasteiger partial charge < -0.3 is 4.74 Å². The van der Waals surface area contributed by atoms with Crippen LogP contribution in [0.15, 0.2) is 3.92 Å². The van der Waals surface area contributed by atoms with Gasteiger partial charge in [0.05, 0.1) is 7.11 Å². The van der Waals surface area contributed by atoms with Crippen molar-refractivity contribution in [3.63, 3.8) is 0 Å². The third-order valence-electron chi connectivity index (χ3n) is 1.11. The summed E-state index contributed by atoms with van der Waals surface area (Å²) in [6, 6.07) is 0. The number of ether oxygens (including phenoxy) is 1. The zero-order valence-electron chi connectivity index (χ0n) is 6.04. The number of carbonyl (C=O) groups excluding carboxylic acids is 2. The molecule has 0 amide bonds. The summed E-state index contributed by atoms with van der Waals surface area (Å²) in [6.45, 7) is 0. The van der Waals surface area contributed by atoms with Crippen LogP contribution in [0.5, 0.6) is 0 Å². The molecule has 0 bridgehead atoms. The fourth-order valence-corrected chi connectivity index (χ4v) is 1.92. The minimum Gasteiger partial charge on any atom is -0.464 e. The van der Waals surface area contributed by atoms with E-state index in [0.29, 0.717) is 10.2 Å². The van der Waals surface area contributed by atoms with Crippen LogP contribution >= 0.6 is 27.3 Å². The molecule has 12 heavy (non-hydrogen) atoms. The third-order valence-corrected chi connectivity index (χ3v) is 2.55. The molecule has 0 aliphatic carbocycles. The Morgan fingerprint density at radius 2 is 2.42 bits per heavy atom. The van der Waals surface area contributed by atoms with Gasteiger partial charge in [0.25, 0.3) is 0 Å². The van der Waals surface area contributed by atoms with Crippen LogP contribution in [-0.2, 0) is 4.74 Å². The smallest absolute Gasteiger partial charge is 0.358 e. The number of aldehydes is 1.